The average Bonchev–Trinajstić information content (AvgIpc) is 3.28. The summed E-state index contributed by atoms with van der Waals surface area (Å²) >= 11 is 0. The van der Waals surface area contributed by atoms with Crippen molar-refractivity contribution in [1.29, 1.82) is 0 Å². The van der Waals surface area contributed by atoms with Crippen LogP contribution in [0.2, 0.25) is 0 Å². The molecular weight excluding hydrogens is 619 g/mol. The molecule has 1 fully saturated rings. The maximum Gasteiger partial charge on any atom is 0.416 e. The Hall–Kier alpha value is -3.52. The summed E-state index contributed by atoms with van der Waals surface area (Å²) in [6, 6.07) is 4.58. The van der Waals surface area contributed by atoms with Gasteiger partial charge in [-0.3, -0.25) is 9.47 Å². The highest BCUT2D eigenvalue weighted by molar-refractivity contribution is 8.36. The molecule has 1 amide bonds. The van der Waals surface area contributed by atoms with Gasteiger partial charge in [-0.15, -0.1) is 10.1 Å². The zero-order chi connectivity index (χ0) is 31.7. The minimum atomic E-state index is -4.65. The molecule has 0 saturated carbocycles. The Morgan fingerprint density at radius 2 is 1.82 bits per heavy atom. The van der Waals surface area contributed by atoms with Crippen LogP contribution in [0.3, 0.4) is 0 Å². The number of hydrogen-bond acceptors (Lipinski definition) is 7. The van der Waals surface area contributed by atoms with Crippen LogP contribution in [-0.4, -0.2) is 71.8 Å². The van der Waals surface area contributed by atoms with E-state index in [-0.39, 0.29) is 53.6 Å². The van der Waals surface area contributed by atoms with Gasteiger partial charge in [0.2, 0.25) is 0 Å². The van der Waals surface area contributed by atoms with Crippen LogP contribution < -0.4 is 10.6 Å². The Morgan fingerprint density at radius 1 is 1.11 bits per heavy atom. The molecule has 15 heteroatoms. The summed E-state index contributed by atoms with van der Waals surface area (Å²) in [5, 5.41) is 5.49. The number of aromatic nitrogens is 5. The molecule has 10 nitrogen and oxygen atoms in total. The Kier molecular flexibility index (Phi) is 7.51. The van der Waals surface area contributed by atoms with Crippen LogP contribution in [0, 0.1) is 0 Å². The van der Waals surface area contributed by atoms with E-state index in [9.17, 15) is 22.8 Å². The van der Waals surface area contributed by atoms with Crippen LogP contribution in [0.15, 0.2) is 46.3 Å². The molecule has 0 radical (unpaired) electrons. The Labute approximate surface area is 258 Å². The maximum absolute atomic E-state index is 14.3. The average molecular weight is 652 g/mol. The fourth-order valence-corrected chi connectivity index (χ4v) is 8.62. The second kappa shape index (κ2) is 10.8. The molecule has 0 aliphatic carbocycles. The van der Waals surface area contributed by atoms with Crippen molar-refractivity contribution in [2.45, 2.75) is 76.0 Å². The van der Waals surface area contributed by atoms with Gasteiger partial charge in [0.05, 0.1) is 41.9 Å². The third-order valence-corrected chi connectivity index (χ3v) is 10.5. The highest BCUT2D eigenvalue weighted by atomic mass is 35.7. The normalized spacial score (nSPS) is 23.7. The summed E-state index contributed by atoms with van der Waals surface area (Å²) in [5.41, 5.74) is -1.21. The molecule has 3 aromatic heterocycles. The topological polar surface area (TPSA) is 98.4 Å². The van der Waals surface area contributed by atoms with Gasteiger partial charge in [-0.25, -0.2) is 19.3 Å². The van der Waals surface area contributed by atoms with Crippen molar-refractivity contribution in [1.82, 2.24) is 29.2 Å². The van der Waals surface area contributed by atoms with E-state index in [1.807, 2.05) is 19.9 Å². The number of ether oxygens (including phenoxy) is 1. The summed E-state index contributed by atoms with van der Waals surface area (Å²) in [4.78, 5) is 39.2. The monoisotopic (exact) mass is 651 g/mol. The zero-order valence-electron chi connectivity index (χ0n) is 24.8. The van der Waals surface area contributed by atoms with Crippen molar-refractivity contribution >= 4 is 54.6 Å². The van der Waals surface area contributed by atoms with Gasteiger partial charge in [0, 0.05) is 40.7 Å². The Morgan fingerprint density at radius 3 is 2.48 bits per heavy atom. The first-order chi connectivity index (χ1) is 20.6. The van der Waals surface area contributed by atoms with Crippen molar-refractivity contribution in [3.8, 4) is 0 Å². The lowest BCUT2D eigenvalue weighted by Crippen LogP contribution is -2.59. The highest BCUT2D eigenvalue weighted by Gasteiger charge is 2.39. The molecule has 44 heavy (non-hydrogen) atoms. The molecule has 236 valence electrons. The Bertz CT molecular complexity index is 1810. The van der Waals surface area contributed by atoms with Crippen LogP contribution in [0.4, 0.5) is 23.8 Å². The fourth-order valence-electron chi connectivity index (χ4n) is 6.16. The first-order valence-electron chi connectivity index (χ1n) is 14.3. The summed E-state index contributed by atoms with van der Waals surface area (Å²) in [6.07, 6.45) is -1.83. The number of benzene rings is 1. The number of hydrogen-bond donors (Lipinski definition) is 1. The van der Waals surface area contributed by atoms with Crippen molar-refractivity contribution in [2.75, 3.05) is 23.7 Å². The molecule has 5 heterocycles. The molecular formula is C29H33ClF3N7O3S. The van der Waals surface area contributed by atoms with Gasteiger partial charge in [0.15, 0.2) is 5.65 Å². The van der Waals surface area contributed by atoms with E-state index >= 15 is 0 Å². The number of nitrogens with zero attached hydrogens (tertiary/aromatic N) is 7. The summed E-state index contributed by atoms with van der Waals surface area (Å²) in [5.74, 6) is 0.417. The highest BCUT2D eigenvalue weighted by Crippen LogP contribution is 2.51. The quantitative estimate of drug-likeness (QED) is 0.275. The van der Waals surface area contributed by atoms with Crippen LogP contribution in [0.25, 0.3) is 21.9 Å². The molecule has 1 saturated heterocycles. The lowest BCUT2D eigenvalue weighted by molar-refractivity contribution is -0.137. The SMILES string of the molecule is C[C@@H]1CN(c2nc(=O)n3c4c(cc(C(F)(F)F)cc24)[SH](Cl)C[C@@H](n2ncc4cccnc42)C3)C[C@H](C)N1C(=O)OC(C)(C)C. The minimum absolute atomic E-state index is 0.110. The number of pyridine rings is 1. The second-order valence-corrected chi connectivity index (χ2v) is 15.2. The largest absolute Gasteiger partial charge is 0.444 e. The van der Waals surface area contributed by atoms with Crippen LogP contribution in [-0.2, 0) is 17.5 Å². The molecule has 0 spiro atoms. The lowest BCUT2D eigenvalue weighted by atomic mass is 10.1. The van der Waals surface area contributed by atoms with Gasteiger partial charge < -0.3 is 9.64 Å². The third kappa shape index (κ3) is 5.46. The maximum atomic E-state index is 14.3. The van der Waals surface area contributed by atoms with E-state index in [1.165, 1.54) is 4.57 Å². The smallest absolute Gasteiger partial charge is 0.416 e. The van der Waals surface area contributed by atoms with E-state index < -0.39 is 45.3 Å². The number of alkyl halides is 3. The van der Waals surface area contributed by atoms with Crippen molar-refractivity contribution in [3.63, 3.8) is 0 Å². The number of rotatable bonds is 2. The van der Waals surface area contributed by atoms with Gasteiger partial charge in [-0.05, 0) is 58.9 Å². The van der Waals surface area contributed by atoms with Crippen LogP contribution >= 0.6 is 20.8 Å². The molecule has 1 aromatic carbocycles. The number of anilines is 1. The van der Waals surface area contributed by atoms with Gasteiger partial charge in [-0.1, -0.05) is 10.7 Å². The number of carbonyl (C=O) groups is 1. The number of piperazine rings is 1. The summed E-state index contributed by atoms with van der Waals surface area (Å²) in [6.45, 7) is 9.61. The van der Waals surface area contributed by atoms with E-state index in [1.54, 1.807) is 53.7 Å². The fraction of sp³-hybridized carbons (Fsp3) is 0.483. The van der Waals surface area contributed by atoms with Gasteiger partial charge in [-0.2, -0.15) is 23.3 Å². The third-order valence-electron chi connectivity index (χ3n) is 7.91. The minimum Gasteiger partial charge on any atom is -0.444 e. The van der Waals surface area contributed by atoms with Crippen molar-refractivity contribution in [2.24, 2.45) is 0 Å². The molecule has 2 aliphatic rings. The van der Waals surface area contributed by atoms with Crippen molar-refractivity contribution in [3.05, 3.63) is 52.7 Å². The molecule has 2 aliphatic heterocycles. The number of halogens is 4. The summed E-state index contributed by atoms with van der Waals surface area (Å²) < 4.78 is 51.6. The molecule has 6 rings (SSSR count). The molecule has 1 unspecified atom stereocenters. The first kappa shape index (κ1) is 30.5. The summed E-state index contributed by atoms with van der Waals surface area (Å²) in [7, 11) is 5.31. The standard InChI is InChI=1S/C29H33ClF3N7O3S/c1-16-12-37(13-17(2)39(16)27(42)43-28(3,4)5)25-21-9-19(29(31,32)33)10-22-23(21)38(26(41)36-25)14-20(15-44(22)30)40-24-18(11-35-40)7-6-8-34-24/h6-11,16-17,20,44H,12-15H2,1-5H3/t16-,17+,20-/m0/s1. The number of fused-ring (bicyclic) bond motifs is 1. The Balaban J connectivity index is 1.47. The molecule has 0 bridgehead atoms. The van der Waals surface area contributed by atoms with E-state index in [0.29, 0.717) is 11.2 Å². The van der Waals surface area contributed by atoms with E-state index in [2.05, 4.69) is 15.1 Å². The van der Waals surface area contributed by atoms with Gasteiger partial charge in [0.1, 0.15) is 11.4 Å². The molecule has 0 N–H and O–H groups in total. The predicted molar refractivity (Wildman–Crippen MR) is 165 cm³/mol. The van der Waals surface area contributed by atoms with E-state index in [4.69, 9.17) is 15.4 Å². The van der Waals surface area contributed by atoms with Gasteiger partial charge >= 0.3 is 18.0 Å². The number of carbonyl (C=O) groups excluding carboxylic acids is 1. The van der Waals surface area contributed by atoms with Crippen LogP contribution in [0.5, 0.6) is 0 Å². The van der Waals surface area contributed by atoms with Crippen molar-refractivity contribution < 1.29 is 22.7 Å². The first-order valence-corrected chi connectivity index (χ1v) is 16.7. The second-order valence-electron chi connectivity index (χ2n) is 12.4. The van der Waals surface area contributed by atoms with E-state index in [0.717, 1.165) is 17.5 Å². The van der Waals surface area contributed by atoms with Gasteiger partial charge in [0.25, 0.3) is 0 Å². The predicted octanol–water partition coefficient (Wildman–Crippen LogP) is 5.76. The lowest BCUT2D eigenvalue weighted by Gasteiger charge is -2.45. The van der Waals surface area contributed by atoms with Crippen LogP contribution in [0.1, 0.15) is 46.2 Å². The number of amides is 1. The molecule has 4 aromatic rings. The zero-order valence-corrected chi connectivity index (χ0v) is 26.5. The number of thiol groups is 1. The molecule has 4 atom stereocenters.